The number of hydrogen-bond acceptors (Lipinski definition) is 3. The number of pyridine rings is 1. The zero-order valence-electron chi connectivity index (χ0n) is 13.0. The van der Waals surface area contributed by atoms with Gasteiger partial charge in [-0.25, -0.2) is 8.78 Å². The van der Waals surface area contributed by atoms with Crippen LogP contribution in [0.2, 0.25) is 10.0 Å². The van der Waals surface area contributed by atoms with Crippen LogP contribution < -0.4 is 10.2 Å². The molecule has 0 spiro atoms. The third-order valence-corrected chi connectivity index (χ3v) is 4.79. The first kappa shape index (κ1) is 18.1. The Bertz CT molecular complexity index is 777. The highest BCUT2D eigenvalue weighted by atomic mass is 35.5. The molecule has 25 heavy (non-hydrogen) atoms. The summed E-state index contributed by atoms with van der Waals surface area (Å²) < 4.78 is 27.0. The minimum absolute atomic E-state index is 0.0210. The van der Waals surface area contributed by atoms with Crippen LogP contribution in [0.25, 0.3) is 0 Å². The molecule has 4 nitrogen and oxygen atoms in total. The van der Waals surface area contributed by atoms with E-state index in [0.717, 1.165) is 23.9 Å². The van der Waals surface area contributed by atoms with Crippen LogP contribution in [0.1, 0.15) is 0 Å². The number of rotatable bonds is 2. The van der Waals surface area contributed by atoms with Gasteiger partial charge in [0.25, 0.3) is 0 Å². The molecule has 9 heteroatoms. The van der Waals surface area contributed by atoms with Crippen molar-refractivity contribution in [3.05, 3.63) is 52.3 Å². The molecule has 1 saturated heterocycles. The number of nitrogens with one attached hydrogen (secondary N) is 1. The summed E-state index contributed by atoms with van der Waals surface area (Å²) in [5.74, 6) is -1.09. The van der Waals surface area contributed by atoms with Gasteiger partial charge < -0.3 is 15.1 Å². The molecule has 132 valence electrons. The van der Waals surface area contributed by atoms with E-state index >= 15 is 0 Å². The molecule has 0 radical (unpaired) electrons. The normalized spacial score (nSPS) is 14.6. The van der Waals surface area contributed by atoms with Crippen LogP contribution in [-0.2, 0) is 0 Å². The standard InChI is InChI=1S/C16H14Cl2F2N4S/c17-11-8-21-9-12(18)15(11)23-3-5-24(6-4-23)16(25)22-14-7-10(19)1-2-13(14)20/h1-2,7-9H,3-6H2,(H,22,25). The third kappa shape index (κ3) is 4.11. The van der Waals surface area contributed by atoms with Gasteiger partial charge in [0.1, 0.15) is 11.6 Å². The SMILES string of the molecule is Fc1ccc(F)c(NC(=S)N2CCN(c3c(Cl)cncc3Cl)CC2)c1. The Hall–Kier alpha value is -1.70. The molecule has 1 aromatic carbocycles. The Balaban J connectivity index is 1.64. The fraction of sp³-hybridized carbons (Fsp3) is 0.250. The van der Waals surface area contributed by atoms with E-state index in [1.165, 1.54) is 0 Å². The van der Waals surface area contributed by atoms with Gasteiger partial charge in [-0.2, -0.15) is 0 Å². The zero-order valence-corrected chi connectivity index (χ0v) is 15.3. The van der Waals surface area contributed by atoms with Crippen LogP contribution in [-0.4, -0.2) is 41.2 Å². The molecule has 0 amide bonds. The summed E-state index contributed by atoms with van der Waals surface area (Å²) in [6, 6.07) is 3.20. The van der Waals surface area contributed by atoms with Gasteiger partial charge in [-0.05, 0) is 24.4 Å². The van der Waals surface area contributed by atoms with Crippen LogP contribution in [0.5, 0.6) is 0 Å². The van der Waals surface area contributed by atoms with Crippen LogP contribution in [0.15, 0.2) is 30.6 Å². The van der Waals surface area contributed by atoms with Crippen molar-refractivity contribution in [2.24, 2.45) is 0 Å². The maximum atomic E-state index is 13.7. The summed E-state index contributed by atoms with van der Waals surface area (Å²) >= 11 is 17.7. The molecule has 1 aliphatic heterocycles. The number of aromatic nitrogens is 1. The number of nitrogens with zero attached hydrogens (tertiary/aromatic N) is 3. The molecule has 1 aromatic heterocycles. The van der Waals surface area contributed by atoms with Gasteiger partial charge in [-0.15, -0.1) is 0 Å². The maximum Gasteiger partial charge on any atom is 0.173 e. The molecular formula is C16H14Cl2F2N4S. The largest absolute Gasteiger partial charge is 0.365 e. The van der Waals surface area contributed by atoms with Gasteiger partial charge in [0, 0.05) is 44.6 Å². The Morgan fingerprint density at radius 1 is 1.08 bits per heavy atom. The lowest BCUT2D eigenvalue weighted by Crippen LogP contribution is -2.50. The molecule has 0 aliphatic carbocycles. The minimum atomic E-state index is -0.558. The molecule has 2 aromatic rings. The highest BCUT2D eigenvalue weighted by molar-refractivity contribution is 7.80. The molecule has 2 heterocycles. The first-order chi connectivity index (χ1) is 12.0. The van der Waals surface area contributed by atoms with Crippen LogP contribution in [0.3, 0.4) is 0 Å². The van der Waals surface area contributed by atoms with E-state index in [4.69, 9.17) is 35.4 Å². The first-order valence-corrected chi connectivity index (χ1v) is 8.67. The van der Waals surface area contributed by atoms with Gasteiger partial charge in [0.05, 0.1) is 21.4 Å². The molecule has 3 rings (SSSR count). The van der Waals surface area contributed by atoms with Crippen molar-refractivity contribution >= 4 is 51.9 Å². The molecule has 0 unspecified atom stereocenters. The molecule has 0 atom stereocenters. The number of halogens is 4. The van der Waals surface area contributed by atoms with Crippen LogP contribution in [0.4, 0.5) is 20.2 Å². The van der Waals surface area contributed by atoms with Crippen LogP contribution in [0, 0.1) is 11.6 Å². The van der Waals surface area contributed by atoms with E-state index in [0.29, 0.717) is 41.3 Å². The fourth-order valence-electron chi connectivity index (χ4n) is 2.63. The second-order valence-corrected chi connectivity index (χ2v) is 6.68. The van der Waals surface area contributed by atoms with Crippen molar-refractivity contribution in [3.8, 4) is 0 Å². The molecule has 1 fully saturated rings. The summed E-state index contributed by atoms with van der Waals surface area (Å²) in [5.41, 5.74) is 0.765. The Kier molecular flexibility index (Phi) is 5.56. The molecule has 0 saturated carbocycles. The second-order valence-electron chi connectivity index (χ2n) is 5.48. The Morgan fingerprint density at radius 3 is 2.36 bits per heavy atom. The average molecular weight is 403 g/mol. The highest BCUT2D eigenvalue weighted by Gasteiger charge is 2.23. The predicted octanol–water partition coefficient (Wildman–Crippen LogP) is 4.19. The fourth-order valence-corrected chi connectivity index (χ4v) is 3.52. The van der Waals surface area contributed by atoms with E-state index < -0.39 is 11.6 Å². The predicted molar refractivity (Wildman–Crippen MR) is 101 cm³/mol. The summed E-state index contributed by atoms with van der Waals surface area (Å²) in [6.45, 7) is 2.46. The van der Waals surface area contributed by atoms with E-state index in [2.05, 4.69) is 10.3 Å². The lowest BCUT2D eigenvalue weighted by Gasteiger charge is -2.38. The van der Waals surface area contributed by atoms with Crippen molar-refractivity contribution in [1.82, 2.24) is 9.88 Å². The highest BCUT2D eigenvalue weighted by Crippen LogP contribution is 2.33. The smallest absolute Gasteiger partial charge is 0.173 e. The number of benzene rings is 1. The number of anilines is 2. The number of hydrogen-bond donors (Lipinski definition) is 1. The third-order valence-electron chi connectivity index (χ3n) is 3.88. The van der Waals surface area contributed by atoms with Gasteiger partial charge in [0.2, 0.25) is 0 Å². The number of thiocarbonyl (C=S) groups is 1. The van der Waals surface area contributed by atoms with Crippen molar-refractivity contribution < 1.29 is 8.78 Å². The van der Waals surface area contributed by atoms with E-state index in [1.807, 2.05) is 9.80 Å². The maximum absolute atomic E-state index is 13.7. The Labute approximate surface area is 159 Å². The average Bonchev–Trinajstić information content (AvgIpc) is 2.58. The van der Waals surface area contributed by atoms with Gasteiger partial charge in [-0.1, -0.05) is 23.2 Å². The summed E-state index contributed by atoms with van der Waals surface area (Å²) in [5, 5.41) is 4.08. The monoisotopic (exact) mass is 402 g/mol. The molecule has 0 bridgehead atoms. The lowest BCUT2D eigenvalue weighted by atomic mass is 10.2. The number of piperazine rings is 1. The second kappa shape index (κ2) is 7.68. The topological polar surface area (TPSA) is 31.4 Å². The summed E-state index contributed by atoms with van der Waals surface area (Å²) in [4.78, 5) is 7.88. The van der Waals surface area contributed by atoms with E-state index in [1.54, 1.807) is 12.4 Å². The molecule has 1 N–H and O–H groups in total. The quantitative estimate of drug-likeness (QED) is 0.761. The van der Waals surface area contributed by atoms with E-state index in [-0.39, 0.29) is 5.69 Å². The van der Waals surface area contributed by atoms with Crippen molar-refractivity contribution in [2.75, 3.05) is 36.4 Å². The van der Waals surface area contributed by atoms with Crippen molar-refractivity contribution in [1.29, 1.82) is 0 Å². The van der Waals surface area contributed by atoms with E-state index in [9.17, 15) is 8.78 Å². The van der Waals surface area contributed by atoms with Crippen molar-refractivity contribution in [3.63, 3.8) is 0 Å². The van der Waals surface area contributed by atoms with Gasteiger partial charge >= 0.3 is 0 Å². The van der Waals surface area contributed by atoms with Gasteiger partial charge in [0.15, 0.2) is 5.11 Å². The lowest BCUT2D eigenvalue weighted by molar-refractivity contribution is 0.390. The van der Waals surface area contributed by atoms with Gasteiger partial charge in [-0.3, -0.25) is 4.98 Å². The molecular weight excluding hydrogens is 389 g/mol. The Morgan fingerprint density at radius 2 is 1.72 bits per heavy atom. The minimum Gasteiger partial charge on any atom is -0.365 e. The van der Waals surface area contributed by atoms with Crippen LogP contribution >= 0.6 is 35.4 Å². The summed E-state index contributed by atoms with van der Waals surface area (Å²) in [7, 11) is 0. The first-order valence-electron chi connectivity index (χ1n) is 7.50. The molecule has 1 aliphatic rings. The van der Waals surface area contributed by atoms with Crippen molar-refractivity contribution in [2.45, 2.75) is 0 Å². The zero-order chi connectivity index (χ0) is 18.0. The summed E-state index contributed by atoms with van der Waals surface area (Å²) in [6.07, 6.45) is 3.10.